The molecule has 0 spiro atoms. The van der Waals surface area contributed by atoms with E-state index in [0.717, 1.165) is 34.0 Å². The molecule has 0 aromatic heterocycles. The molecule has 0 saturated heterocycles. The lowest BCUT2D eigenvalue weighted by Crippen LogP contribution is -2.05. The summed E-state index contributed by atoms with van der Waals surface area (Å²) >= 11 is 0. The molecule has 0 N–H and O–H groups in total. The van der Waals surface area contributed by atoms with Gasteiger partial charge < -0.3 is 9.47 Å². The van der Waals surface area contributed by atoms with E-state index in [4.69, 9.17) is 14.5 Å². The van der Waals surface area contributed by atoms with Crippen LogP contribution in [-0.2, 0) is 6.42 Å². The zero-order valence-corrected chi connectivity index (χ0v) is 14.5. The lowest BCUT2D eigenvalue weighted by Gasteiger charge is -2.11. The first kappa shape index (κ1) is 16.8. The van der Waals surface area contributed by atoms with Gasteiger partial charge in [-0.05, 0) is 35.4 Å². The van der Waals surface area contributed by atoms with Crippen molar-refractivity contribution >= 4 is 11.4 Å². The van der Waals surface area contributed by atoms with Gasteiger partial charge in [0.2, 0.25) is 0 Å². The minimum absolute atomic E-state index is 0.708. The molecule has 3 aromatic rings. The van der Waals surface area contributed by atoms with E-state index in [2.05, 4.69) is 12.1 Å². The molecule has 0 fully saturated rings. The summed E-state index contributed by atoms with van der Waals surface area (Å²) < 4.78 is 10.7. The highest BCUT2D eigenvalue weighted by atomic mass is 16.5. The van der Waals surface area contributed by atoms with Crippen LogP contribution in [0.25, 0.3) is 0 Å². The van der Waals surface area contributed by atoms with Gasteiger partial charge in [0.05, 0.1) is 25.6 Å². The number of para-hydroxylation sites is 1. The molecule has 3 aromatic carbocycles. The van der Waals surface area contributed by atoms with E-state index < -0.39 is 0 Å². The van der Waals surface area contributed by atoms with Crippen LogP contribution >= 0.6 is 0 Å². The number of methoxy groups -OCH3 is 2. The van der Waals surface area contributed by atoms with Crippen LogP contribution in [0.15, 0.2) is 83.9 Å². The fraction of sp³-hybridized carbons (Fsp3) is 0.136. The number of nitrogens with zero attached hydrogens (tertiary/aromatic N) is 1. The quantitative estimate of drug-likeness (QED) is 0.591. The largest absolute Gasteiger partial charge is 0.493 e. The molecule has 3 nitrogen and oxygen atoms in total. The molecular formula is C22H21NO2. The predicted molar refractivity (Wildman–Crippen MR) is 102 cm³/mol. The van der Waals surface area contributed by atoms with E-state index in [0.29, 0.717) is 6.42 Å². The Bertz CT molecular complexity index is 842. The third-order valence-electron chi connectivity index (χ3n) is 3.95. The van der Waals surface area contributed by atoms with Crippen molar-refractivity contribution in [2.45, 2.75) is 6.42 Å². The van der Waals surface area contributed by atoms with E-state index in [-0.39, 0.29) is 0 Å². The normalized spacial score (nSPS) is 11.2. The Hall–Kier alpha value is -3.07. The molecule has 25 heavy (non-hydrogen) atoms. The van der Waals surface area contributed by atoms with Gasteiger partial charge in [-0.15, -0.1) is 0 Å². The molecule has 3 heteroatoms. The van der Waals surface area contributed by atoms with E-state index in [9.17, 15) is 0 Å². The average molecular weight is 331 g/mol. The van der Waals surface area contributed by atoms with Crippen LogP contribution in [0, 0.1) is 0 Å². The maximum atomic E-state index is 5.42. The number of hydrogen-bond donors (Lipinski definition) is 0. The smallest absolute Gasteiger partial charge is 0.160 e. The molecule has 0 amide bonds. The summed E-state index contributed by atoms with van der Waals surface area (Å²) in [6.07, 6.45) is 0.708. The topological polar surface area (TPSA) is 30.8 Å². The average Bonchev–Trinajstić information content (AvgIpc) is 2.69. The minimum atomic E-state index is 0.708. The Morgan fingerprint density at radius 1 is 0.760 bits per heavy atom. The van der Waals surface area contributed by atoms with Gasteiger partial charge in [0.25, 0.3) is 0 Å². The third-order valence-corrected chi connectivity index (χ3v) is 3.95. The van der Waals surface area contributed by atoms with Crippen molar-refractivity contribution in [3.63, 3.8) is 0 Å². The summed E-state index contributed by atoms with van der Waals surface area (Å²) in [6, 6.07) is 26.2. The molecule has 126 valence electrons. The number of aliphatic imine (C=N–C) groups is 1. The summed E-state index contributed by atoms with van der Waals surface area (Å²) in [6.45, 7) is 0. The van der Waals surface area contributed by atoms with Crippen LogP contribution in [0.5, 0.6) is 11.5 Å². The third kappa shape index (κ3) is 4.27. The SMILES string of the molecule is COc1ccc(CC(=Nc2ccccc2)c2ccccc2)cc1OC. The van der Waals surface area contributed by atoms with Gasteiger partial charge in [0, 0.05) is 6.42 Å². The first-order valence-corrected chi connectivity index (χ1v) is 8.19. The summed E-state index contributed by atoms with van der Waals surface area (Å²) in [5.41, 5.74) is 4.19. The Labute approximate surface area is 148 Å². The first-order valence-electron chi connectivity index (χ1n) is 8.19. The van der Waals surface area contributed by atoms with Crippen molar-refractivity contribution in [1.29, 1.82) is 0 Å². The molecule has 0 aliphatic rings. The second-order valence-corrected chi connectivity index (χ2v) is 5.63. The molecule has 0 saturated carbocycles. The molecule has 3 rings (SSSR count). The fourth-order valence-corrected chi connectivity index (χ4v) is 2.68. The van der Waals surface area contributed by atoms with Crippen molar-refractivity contribution in [1.82, 2.24) is 0 Å². The fourth-order valence-electron chi connectivity index (χ4n) is 2.68. The second kappa shape index (κ2) is 8.15. The van der Waals surface area contributed by atoms with Gasteiger partial charge in [0.15, 0.2) is 11.5 Å². The summed E-state index contributed by atoms with van der Waals surface area (Å²) in [4.78, 5) is 4.87. The molecule has 0 radical (unpaired) electrons. The van der Waals surface area contributed by atoms with Crippen LogP contribution in [0.3, 0.4) is 0 Å². The van der Waals surface area contributed by atoms with Crippen LogP contribution in [0.2, 0.25) is 0 Å². The summed E-state index contributed by atoms with van der Waals surface area (Å²) in [5, 5.41) is 0. The first-order chi connectivity index (χ1) is 12.3. The number of benzene rings is 3. The minimum Gasteiger partial charge on any atom is -0.493 e. The number of hydrogen-bond acceptors (Lipinski definition) is 3. The summed E-state index contributed by atoms with van der Waals surface area (Å²) in [7, 11) is 3.29. The van der Waals surface area contributed by atoms with Crippen molar-refractivity contribution in [3.05, 3.63) is 90.0 Å². The number of rotatable bonds is 6. The Kier molecular flexibility index (Phi) is 5.47. The highest BCUT2D eigenvalue weighted by Crippen LogP contribution is 2.28. The van der Waals surface area contributed by atoms with Crippen molar-refractivity contribution in [2.75, 3.05) is 14.2 Å². The van der Waals surface area contributed by atoms with E-state index in [1.54, 1.807) is 14.2 Å². The molecule has 0 heterocycles. The van der Waals surface area contributed by atoms with E-state index >= 15 is 0 Å². The predicted octanol–water partition coefficient (Wildman–Crippen LogP) is 5.07. The Balaban J connectivity index is 1.97. The van der Waals surface area contributed by atoms with E-state index in [1.165, 1.54) is 0 Å². The maximum absolute atomic E-state index is 5.42. The molecular weight excluding hydrogens is 310 g/mol. The lowest BCUT2D eigenvalue weighted by molar-refractivity contribution is 0.354. The van der Waals surface area contributed by atoms with Gasteiger partial charge in [-0.3, -0.25) is 4.99 Å². The zero-order chi connectivity index (χ0) is 17.5. The monoisotopic (exact) mass is 331 g/mol. The van der Waals surface area contributed by atoms with Gasteiger partial charge in [-0.1, -0.05) is 54.6 Å². The molecule has 0 aliphatic carbocycles. The Morgan fingerprint density at radius 2 is 1.40 bits per heavy atom. The zero-order valence-electron chi connectivity index (χ0n) is 14.5. The van der Waals surface area contributed by atoms with Gasteiger partial charge in [-0.25, -0.2) is 0 Å². The van der Waals surface area contributed by atoms with Crippen LogP contribution in [-0.4, -0.2) is 19.9 Å². The standard InChI is InChI=1S/C22H21NO2/c1-24-21-14-13-17(16-22(21)25-2)15-20(18-9-5-3-6-10-18)23-19-11-7-4-8-12-19/h3-14,16H,15H2,1-2H3. The van der Waals surface area contributed by atoms with Crippen LogP contribution < -0.4 is 9.47 Å². The highest BCUT2D eigenvalue weighted by Gasteiger charge is 2.09. The number of ether oxygens (including phenoxy) is 2. The Morgan fingerprint density at radius 3 is 2.04 bits per heavy atom. The molecule has 0 atom stereocenters. The van der Waals surface area contributed by atoms with Crippen molar-refractivity contribution < 1.29 is 9.47 Å². The molecule has 0 unspecified atom stereocenters. The highest BCUT2D eigenvalue weighted by molar-refractivity contribution is 6.03. The molecule has 0 aliphatic heterocycles. The summed E-state index contributed by atoms with van der Waals surface area (Å²) in [5.74, 6) is 1.46. The van der Waals surface area contributed by atoms with Gasteiger partial charge in [-0.2, -0.15) is 0 Å². The lowest BCUT2D eigenvalue weighted by atomic mass is 10.0. The van der Waals surface area contributed by atoms with Crippen molar-refractivity contribution in [3.8, 4) is 11.5 Å². The second-order valence-electron chi connectivity index (χ2n) is 5.63. The van der Waals surface area contributed by atoms with Crippen molar-refractivity contribution in [2.24, 2.45) is 4.99 Å². The van der Waals surface area contributed by atoms with E-state index in [1.807, 2.05) is 66.7 Å². The van der Waals surface area contributed by atoms with Gasteiger partial charge >= 0.3 is 0 Å². The van der Waals surface area contributed by atoms with Gasteiger partial charge in [0.1, 0.15) is 0 Å². The van der Waals surface area contributed by atoms with Crippen LogP contribution in [0.4, 0.5) is 5.69 Å². The molecule has 0 bridgehead atoms. The van der Waals surface area contributed by atoms with Crippen LogP contribution in [0.1, 0.15) is 11.1 Å². The maximum Gasteiger partial charge on any atom is 0.160 e.